The molecule has 0 spiro atoms. The van der Waals surface area contributed by atoms with Crippen molar-refractivity contribution in [1.82, 2.24) is 5.32 Å². The molecule has 1 radical (unpaired) electrons. The second-order valence-corrected chi connectivity index (χ2v) is 1.61. The number of hydrogen-bond acceptors (Lipinski definition) is 2. The Morgan fingerprint density at radius 3 is 1.90 bits per heavy atom. The number of alkyl halides is 3. The lowest BCUT2D eigenvalue weighted by molar-refractivity contribution is -0.172. The molecule has 0 fully saturated rings. The maximum absolute atomic E-state index is 11.2. The Labute approximate surface area is 58.8 Å². The lowest BCUT2D eigenvalue weighted by atomic mass is 10.6. The Morgan fingerprint density at radius 1 is 1.40 bits per heavy atom. The quantitative estimate of drug-likeness (QED) is 0.537. The van der Waals surface area contributed by atoms with E-state index in [0.717, 1.165) is 5.32 Å². The van der Waals surface area contributed by atoms with Gasteiger partial charge in [-0.2, -0.15) is 13.2 Å². The van der Waals surface area contributed by atoms with Crippen LogP contribution in [0.3, 0.4) is 0 Å². The van der Waals surface area contributed by atoms with Gasteiger partial charge in [0.15, 0.2) is 0 Å². The molecule has 0 aliphatic heterocycles. The van der Waals surface area contributed by atoms with Gasteiger partial charge in [-0.15, -0.1) is 0 Å². The molecular weight excluding hydrogens is 171 g/mol. The average Bonchev–Trinajstić information content (AvgIpc) is 1.60. The summed E-state index contributed by atoms with van der Waals surface area (Å²) >= 11 is 3.65. The molecule has 0 heterocycles. The first-order valence-electron chi connectivity index (χ1n) is 1.93. The molecule has 0 aromatic carbocycles. The van der Waals surface area contributed by atoms with E-state index < -0.39 is 17.3 Å². The fourth-order valence-electron chi connectivity index (χ4n) is 0.164. The third kappa shape index (κ3) is 3.23. The van der Waals surface area contributed by atoms with Gasteiger partial charge in [-0.1, -0.05) is 0 Å². The predicted molar refractivity (Wildman–Crippen MR) is 27.5 cm³/mol. The highest BCUT2D eigenvalue weighted by molar-refractivity contribution is 7.79. The van der Waals surface area contributed by atoms with Gasteiger partial charge in [0.25, 0.3) is 0 Å². The van der Waals surface area contributed by atoms with Gasteiger partial charge in [0.2, 0.25) is 0 Å². The van der Waals surface area contributed by atoms with Crippen LogP contribution in [0.2, 0.25) is 0 Å². The van der Waals surface area contributed by atoms with E-state index in [1.165, 1.54) is 0 Å². The van der Waals surface area contributed by atoms with Crippen molar-refractivity contribution in [2.45, 2.75) is 6.18 Å². The molecule has 0 aromatic rings. The van der Waals surface area contributed by atoms with Gasteiger partial charge in [0.05, 0.1) is 0 Å². The van der Waals surface area contributed by atoms with Crippen LogP contribution in [0.15, 0.2) is 0 Å². The maximum atomic E-state index is 11.2. The van der Waals surface area contributed by atoms with Crippen molar-refractivity contribution in [3.05, 3.63) is 0 Å². The van der Waals surface area contributed by atoms with E-state index in [9.17, 15) is 23.1 Å². The van der Waals surface area contributed by atoms with Crippen molar-refractivity contribution in [3.8, 4) is 0 Å². The molecule has 1 N–H and O–H groups in total. The highest BCUT2D eigenvalue weighted by atomic mass is 32.1. The molecule has 0 atom stereocenters. The van der Waals surface area contributed by atoms with E-state index in [1.807, 2.05) is 0 Å². The van der Waals surface area contributed by atoms with Crippen molar-refractivity contribution in [2.24, 2.45) is 0 Å². The van der Waals surface area contributed by atoms with Gasteiger partial charge in [-0.3, -0.25) is 15.2 Å². The van der Waals surface area contributed by atoms with E-state index >= 15 is 0 Å². The second kappa shape index (κ2) is 2.82. The predicted octanol–water partition coefficient (Wildman–Crippen LogP) is 0.380. The lowest BCUT2D eigenvalue weighted by Gasteiger charge is -2.02. The molecule has 0 aliphatic carbocycles. The number of hydrogen-bond donors (Lipinski definition) is 1. The minimum atomic E-state index is -5.05. The molecule has 0 aliphatic rings. The van der Waals surface area contributed by atoms with E-state index in [-0.39, 0.29) is 0 Å². The summed E-state index contributed by atoms with van der Waals surface area (Å²) in [5.74, 6) is -2.34. The number of carbonyl (C=O) groups excluding carboxylic acids is 1. The molecule has 0 bridgehead atoms. The molecule has 1 amide bonds. The van der Waals surface area contributed by atoms with E-state index in [2.05, 4.69) is 12.2 Å². The van der Waals surface area contributed by atoms with E-state index in [0.29, 0.717) is 0 Å². The second-order valence-electron chi connectivity index (χ2n) is 1.24. The highest BCUT2D eigenvalue weighted by Crippen LogP contribution is 2.13. The summed E-state index contributed by atoms with van der Waals surface area (Å²) in [5.41, 5.74) is 0. The Bertz CT molecular complexity index is 166. The fraction of sp³-hybridized carbons (Fsp3) is 0.333. The summed E-state index contributed by atoms with van der Waals surface area (Å²) in [6.07, 6.45) is -5.05. The third-order valence-electron chi connectivity index (χ3n) is 0.473. The van der Waals surface area contributed by atoms with Gasteiger partial charge >= 0.3 is 17.3 Å². The zero-order valence-corrected chi connectivity index (χ0v) is 5.18. The fourth-order valence-corrected chi connectivity index (χ4v) is 0.256. The Hall–Kier alpha value is -0.850. The molecule has 0 aromatic heterocycles. The summed E-state index contributed by atoms with van der Waals surface area (Å²) < 4.78 is 33.6. The minimum Gasteiger partial charge on any atom is -0.275 e. The first kappa shape index (κ1) is 9.15. The Morgan fingerprint density at radius 2 is 1.80 bits per heavy atom. The number of halogens is 3. The molecule has 7 heteroatoms. The molecule has 0 saturated carbocycles. The van der Waals surface area contributed by atoms with E-state index in [4.69, 9.17) is 0 Å². The summed E-state index contributed by atoms with van der Waals surface area (Å²) in [6, 6.07) is 0. The van der Waals surface area contributed by atoms with Crippen molar-refractivity contribution < 1.29 is 23.1 Å². The van der Waals surface area contributed by atoms with Gasteiger partial charge in [0, 0.05) is 0 Å². The van der Waals surface area contributed by atoms with Gasteiger partial charge in [0.1, 0.15) is 0 Å². The van der Waals surface area contributed by atoms with Crippen LogP contribution in [0.5, 0.6) is 0 Å². The standard InChI is InChI=1S/C3HF3NO2S/c4-3(5,6)1(8)7-2(9)10/h(H,7,8,10). The summed E-state index contributed by atoms with van der Waals surface area (Å²) in [6.45, 7) is 0. The number of carbonyl (C=O) groups is 1. The van der Waals surface area contributed by atoms with E-state index in [1.54, 1.807) is 0 Å². The van der Waals surface area contributed by atoms with Crippen molar-refractivity contribution in [3.63, 3.8) is 0 Å². The van der Waals surface area contributed by atoms with Crippen LogP contribution in [0.25, 0.3) is 0 Å². The molecular formula is C3HF3NO2S. The zero-order valence-electron chi connectivity index (χ0n) is 4.36. The van der Waals surface area contributed by atoms with Crippen LogP contribution < -0.4 is 5.32 Å². The van der Waals surface area contributed by atoms with Crippen LogP contribution in [-0.2, 0) is 9.90 Å². The highest BCUT2D eigenvalue weighted by Gasteiger charge is 2.39. The monoisotopic (exact) mass is 172 g/mol. The summed E-state index contributed by atoms with van der Waals surface area (Å²) in [4.78, 5) is 9.75. The van der Waals surface area contributed by atoms with Gasteiger partial charge in [-0.25, -0.2) is 0 Å². The van der Waals surface area contributed by atoms with Crippen LogP contribution in [0.4, 0.5) is 13.2 Å². The molecule has 0 saturated heterocycles. The number of nitrogens with one attached hydrogen (secondary N) is 1. The first-order chi connectivity index (χ1) is 4.34. The molecule has 0 rings (SSSR count). The molecule has 0 unspecified atom stereocenters. The summed E-state index contributed by atoms with van der Waals surface area (Å²) in [5, 5.41) is 9.14. The first-order valence-corrected chi connectivity index (χ1v) is 2.34. The lowest BCUT2D eigenvalue weighted by Crippen LogP contribution is -2.39. The Kier molecular flexibility index (Phi) is 2.58. The number of amides is 1. The maximum Gasteiger partial charge on any atom is 0.471 e. The van der Waals surface area contributed by atoms with Gasteiger partial charge < -0.3 is 0 Å². The largest absolute Gasteiger partial charge is 0.471 e. The topological polar surface area (TPSA) is 49.0 Å². The Balaban J connectivity index is 3.99. The van der Waals surface area contributed by atoms with Crippen LogP contribution in [0, 0.1) is 0 Å². The van der Waals surface area contributed by atoms with Crippen molar-refractivity contribution >= 4 is 23.3 Å². The van der Waals surface area contributed by atoms with Crippen molar-refractivity contribution in [1.29, 1.82) is 0 Å². The van der Waals surface area contributed by atoms with Crippen LogP contribution in [0.1, 0.15) is 0 Å². The third-order valence-corrected chi connectivity index (χ3v) is 0.575. The SMILES string of the molecule is [O]C(=S)NC(=O)C(F)(F)F. The average molecular weight is 172 g/mol. The molecule has 3 nitrogen and oxygen atoms in total. The molecule has 57 valence electrons. The van der Waals surface area contributed by atoms with Crippen LogP contribution >= 0.6 is 12.2 Å². The smallest absolute Gasteiger partial charge is 0.275 e. The van der Waals surface area contributed by atoms with Crippen LogP contribution in [-0.4, -0.2) is 17.3 Å². The minimum absolute atomic E-state index is 0.895. The normalized spacial score (nSPS) is 10.7. The number of thiocarbonyl (C=S) groups is 1. The molecule has 10 heavy (non-hydrogen) atoms. The van der Waals surface area contributed by atoms with Gasteiger partial charge in [-0.05, 0) is 12.2 Å². The number of rotatable bonds is 0. The summed E-state index contributed by atoms with van der Waals surface area (Å²) in [7, 11) is 0. The van der Waals surface area contributed by atoms with Crippen molar-refractivity contribution in [2.75, 3.05) is 0 Å². The zero-order chi connectivity index (χ0) is 8.36.